The van der Waals surface area contributed by atoms with Crippen molar-refractivity contribution in [3.8, 4) is 0 Å². The molecule has 4 nitrogen and oxygen atoms in total. The van der Waals surface area contributed by atoms with E-state index in [1.807, 2.05) is 0 Å². The standard InChI is InChI=1S/C11H14FN3O.2ClH/c12-8-4-5-10(14-7-8)15-11(16)9-3-1-2-6-13-9;;/h4-5,7,9,13H,1-3,6H2,(H,14,15,16);2*1H. The Kier molecular flexibility index (Phi) is 7.82. The summed E-state index contributed by atoms with van der Waals surface area (Å²) in [4.78, 5) is 15.5. The van der Waals surface area contributed by atoms with Gasteiger partial charge < -0.3 is 10.6 Å². The van der Waals surface area contributed by atoms with Crippen molar-refractivity contribution >= 4 is 36.5 Å². The number of aromatic nitrogens is 1. The largest absolute Gasteiger partial charge is 0.309 e. The molecular weight excluding hydrogens is 280 g/mol. The van der Waals surface area contributed by atoms with Gasteiger partial charge in [-0.2, -0.15) is 0 Å². The van der Waals surface area contributed by atoms with Crippen LogP contribution < -0.4 is 10.6 Å². The van der Waals surface area contributed by atoms with Crippen LogP contribution >= 0.6 is 24.8 Å². The van der Waals surface area contributed by atoms with Gasteiger partial charge in [0.15, 0.2) is 0 Å². The molecule has 1 aromatic heterocycles. The minimum absolute atomic E-state index is 0. The number of carbonyl (C=O) groups is 1. The normalized spacial score (nSPS) is 18.2. The number of anilines is 1. The van der Waals surface area contributed by atoms with Crippen LogP contribution in [0.3, 0.4) is 0 Å². The van der Waals surface area contributed by atoms with E-state index in [0.717, 1.165) is 32.0 Å². The minimum atomic E-state index is -0.409. The van der Waals surface area contributed by atoms with E-state index in [4.69, 9.17) is 0 Å². The van der Waals surface area contributed by atoms with Gasteiger partial charge in [0, 0.05) is 0 Å². The maximum Gasteiger partial charge on any atom is 0.242 e. The molecule has 2 rings (SSSR count). The molecule has 1 saturated heterocycles. The molecule has 102 valence electrons. The molecule has 0 aromatic carbocycles. The van der Waals surface area contributed by atoms with Crippen molar-refractivity contribution in [1.29, 1.82) is 0 Å². The highest BCUT2D eigenvalue weighted by Gasteiger charge is 2.20. The third-order valence-corrected chi connectivity index (χ3v) is 2.61. The summed E-state index contributed by atoms with van der Waals surface area (Å²) < 4.78 is 12.6. The zero-order valence-electron chi connectivity index (χ0n) is 9.69. The molecule has 0 aliphatic carbocycles. The Morgan fingerprint density at radius 2 is 2.17 bits per heavy atom. The van der Waals surface area contributed by atoms with Crippen molar-refractivity contribution in [2.24, 2.45) is 0 Å². The monoisotopic (exact) mass is 295 g/mol. The minimum Gasteiger partial charge on any atom is -0.309 e. The molecule has 2 heterocycles. The number of nitrogens with one attached hydrogen (secondary N) is 2. The van der Waals surface area contributed by atoms with Crippen molar-refractivity contribution in [1.82, 2.24) is 10.3 Å². The molecule has 1 atom stereocenters. The Balaban J connectivity index is 0.00000144. The summed E-state index contributed by atoms with van der Waals surface area (Å²) >= 11 is 0. The van der Waals surface area contributed by atoms with Crippen LogP contribution in [-0.2, 0) is 4.79 Å². The smallest absolute Gasteiger partial charge is 0.242 e. The number of nitrogens with zero attached hydrogens (tertiary/aromatic N) is 1. The molecule has 1 aromatic rings. The molecule has 0 radical (unpaired) electrons. The maximum absolute atomic E-state index is 12.6. The molecule has 0 bridgehead atoms. The number of rotatable bonds is 2. The quantitative estimate of drug-likeness (QED) is 0.879. The number of amides is 1. The predicted octanol–water partition coefficient (Wildman–Crippen LogP) is 2.14. The number of halogens is 3. The Morgan fingerprint density at radius 3 is 2.72 bits per heavy atom. The number of pyridine rings is 1. The van der Waals surface area contributed by atoms with Gasteiger partial charge in [0.05, 0.1) is 12.2 Å². The van der Waals surface area contributed by atoms with Crippen molar-refractivity contribution in [3.05, 3.63) is 24.1 Å². The zero-order valence-corrected chi connectivity index (χ0v) is 11.3. The SMILES string of the molecule is Cl.Cl.O=C(Nc1ccc(F)cn1)C1CCCCN1. The van der Waals surface area contributed by atoms with E-state index in [2.05, 4.69) is 15.6 Å². The van der Waals surface area contributed by atoms with E-state index in [1.165, 1.54) is 12.1 Å². The van der Waals surface area contributed by atoms with Gasteiger partial charge in [-0.3, -0.25) is 4.79 Å². The highest BCUT2D eigenvalue weighted by molar-refractivity contribution is 5.94. The average molecular weight is 296 g/mol. The van der Waals surface area contributed by atoms with Gasteiger partial charge in [-0.15, -0.1) is 24.8 Å². The first-order valence-corrected chi connectivity index (χ1v) is 5.41. The predicted molar refractivity (Wildman–Crippen MR) is 73.0 cm³/mol. The summed E-state index contributed by atoms with van der Waals surface area (Å²) in [7, 11) is 0. The van der Waals surface area contributed by atoms with E-state index >= 15 is 0 Å². The molecule has 18 heavy (non-hydrogen) atoms. The lowest BCUT2D eigenvalue weighted by Gasteiger charge is -2.22. The fraction of sp³-hybridized carbons (Fsp3) is 0.455. The third kappa shape index (κ3) is 4.76. The van der Waals surface area contributed by atoms with E-state index in [9.17, 15) is 9.18 Å². The number of hydrogen-bond acceptors (Lipinski definition) is 3. The van der Waals surface area contributed by atoms with Crippen LogP contribution in [0.25, 0.3) is 0 Å². The summed E-state index contributed by atoms with van der Waals surface area (Å²) in [6, 6.07) is 2.58. The van der Waals surface area contributed by atoms with E-state index < -0.39 is 5.82 Å². The second-order valence-corrected chi connectivity index (χ2v) is 3.85. The number of carbonyl (C=O) groups excluding carboxylic acids is 1. The van der Waals surface area contributed by atoms with Gasteiger partial charge in [0.1, 0.15) is 11.6 Å². The molecule has 1 aliphatic rings. The average Bonchev–Trinajstić information content (AvgIpc) is 2.33. The van der Waals surface area contributed by atoms with Gasteiger partial charge >= 0.3 is 0 Å². The Labute approximate surface area is 118 Å². The fourth-order valence-electron chi connectivity index (χ4n) is 1.74. The third-order valence-electron chi connectivity index (χ3n) is 2.61. The number of hydrogen-bond donors (Lipinski definition) is 2. The lowest BCUT2D eigenvalue weighted by Crippen LogP contribution is -2.43. The molecule has 0 spiro atoms. The summed E-state index contributed by atoms with van der Waals surface area (Å²) in [5.74, 6) is -0.119. The molecule has 0 saturated carbocycles. The van der Waals surface area contributed by atoms with Crippen LogP contribution in [0, 0.1) is 5.82 Å². The van der Waals surface area contributed by atoms with Gasteiger partial charge in [-0.25, -0.2) is 9.37 Å². The van der Waals surface area contributed by atoms with Crippen LogP contribution in [0.2, 0.25) is 0 Å². The molecule has 1 unspecified atom stereocenters. The van der Waals surface area contributed by atoms with Crippen molar-refractivity contribution in [3.63, 3.8) is 0 Å². The lowest BCUT2D eigenvalue weighted by molar-refractivity contribution is -0.118. The molecule has 7 heteroatoms. The highest BCUT2D eigenvalue weighted by atomic mass is 35.5. The van der Waals surface area contributed by atoms with Crippen LogP contribution in [0.5, 0.6) is 0 Å². The molecule has 2 N–H and O–H groups in total. The first kappa shape index (κ1) is 17.1. The van der Waals surface area contributed by atoms with Gasteiger partial charge in [-0.05, 0) is 31.5 Å². The summed E-state index contributed by atoms with van der Waals surface area (Å²) in [6.07, 6.45) is 4.09. The first-order chi connectivity index (χ1) is 7.75. The summed E-state index contributed by atoms with van der Waals surface area (Å²) in [6.45, 7) is 0.870. The number of piperidine rings is 1. The molecule has 1 amide bonds. The zero-order chi connectivity index (χ0) is 11.4. The topological polar surface area (TPSA) is 54.0 Å². The van der Waals surface area contributed by atoms with Crippen LogP contribution in [0.15, 0.2) is 18.3 Å². The molecular formula is C11H16Cl2FN3O. The lowest BCUT2D eigenvalue weighted by atomic mass is 10.0. The summed E-state index contributed by atoms with van der Waals surface area (Å²) in [5.41, 5.74) is 0. The van der Waals surface area contributed by atoms with Gasteiger partial charge in [-0.1, -0.05) is 6.42 Å². The van der Waals surface area contributed by atoms with E-state index in [1.54, 1.807) is 0 Å². The maximum atomic E-state index is 12.6. The Hall–Kier alpha value is -0.910. The first-order valence-electron chi connectivity index (χ1n) is 5.41. The van der Waals surface area contributed by atoms with Crippen LogP contribution in [0.4, 0.5) is 10.2 Å². The van der Waals surface area contributed by atoms with Crippen molar-refractivity contribution in [2.45, 2.75) is 25.3 Å². The van der Waals surface area contributed by atoms with Crippen molar-refractivity contribution < 1.29 is 9.18 Å². The van der Waals surface area contributed by atoms with E-state index in [0.29, 0.717) is 5.82 Å². The van der Waals surface area contributed by atoms with Gasteiger partial charge in [0.2, 0.25) is 5.91 Å². The Morgan fingerprint density at radius 1 is 1.39 bits per heavy atom. The molecule has 1 aliphatic heterocycles. The highest BCUT2D eigenvalue weighted by Crippen LogP contribution is 2.10. The molecule has 1 fully saturated rings. The van der Waals surface area contributed by atoms with Crippen LogP contribution in [0.1, 0.15) is 19.3 Å². The fourth-order valence-corrected chi connectivity index (χ4v) is 1.74. The van der Waals surface area contributed by atoms with Crippen molar-refractivity contribution in [2.75, 3.05) is 11.9 Å². The van der Waals surface area contributed by atoms with Gasteiger partial charge in [0.25, 0.3) is 0 Å². The second kappa shape index (κ2) is 8.24. The van der Waals surface area contributed by atoms with E-state index in [-0.39, 0.29) is 36.8 Å². The van der Waals surface area contributed by atoms with Crippen LogP contribution in [-0.4, -0.2) is 23.5 Å². The Bertz CT molecular complexity index is 369. The summed E-state index contributed by atoms with van der Waals surface area (Å²) in [5, 5.41) is 5.80. The second-order valence-electron chi connectivity index (χ2n) is 3.85.